The van der Waals surface area contributed by atoms with Crippen molar-refractivity contribution >= 4 is 11.9 Å². The van der Waals surface area contributed by atoms with Crippen LogP contribution in [0, 0.1) is 5.82 Å². The third-order valence-electron chi connectivity index (χ3n) is 5.43. The first-order valence-corrected chi connectivity index (χ1v) is 10.1. The van der Waals surface area contributed by atoms with Gasteiger partial charge in [0.2, 0.25) is 0 Å². The fraction of sp³-hybridized carbons (Fsp3) is 0.200. The lowest BCUT2D eigenvalue weighted by atomic mass is 10.0. The number of hydrogen-bond donors (Lipinski definition) is 0. The number of carbonyl (C=O) groups is 2. The Balaban J connectivity index is 1.57. The number of nitrogens with zero attached hydrogens (tertiary/aromatic N) is 1. The van der Waals surface area contributed by atoms with Crippen LogP contribution < -0.4 is 4.74 Å². The van der Waals surface area contributed by atoms with Crippen LogP contribution in [-0.2, 0) is 9.53 Å². The Bertz CT molecular complexity index is 1050. The molecule has 6 heteroatoms. The van der Waals surface area contributed by atoms with E-state index in [0.29, 0.717) is 29.9 Å². The molecule has 0 radical (unpaired) electrons. The molecule has 3 aromatic carbocycles. The van der Waals surface area contributed by atoms with E-state index in [-0.39, 0.29) is 17.8 Å². The van der Waals surface area contributed by atoms with Crippen LogP contribution in [0.4, 0.5) is 4.39 Å². The molecular formula is C25H22FNO4. The summed E-state index contributed by atoms with van der Waals surface area (Å²) in [6, 6.07) is 21.2. The summed E-state index contributed by atoms with van der Waals surface area (Å²) < 4.78 is 23.7. The highest BCUT2D eigenvalue weighted by Crippen LogP contribution is 2.38. The summed E-state index contributed by atoms with van der Waals surface area (Å²) >= 11 is 0. The molecule has 0 N–H and O–H groups in total. The maximum Gasteiger partial charge on any atom is 0.328 e. The number of carbonyl (C=O) groups excluding carboxylic acids is 2. The number of benzene rings is 3. The summed E-state index contributed by atoms with van der Waals surface area (Å²) in [4.78, 5) is 27.4. The minimum atomic E-state index is -0.627. The minimum Gasteiger partial charge on any atom is -0.467 e. The lowest BCUT2D eigenvalue weighted by Gasteiger charge is -2.29. The van der Waals surface area contributed by atoms with Gasteiger partial charge in [0, 0.05) is 5.56 Å². The molecule has 0 aromatic heterocycles. The summed E-state index contributed by atoms with van der Waals surface area (Å²) in [5.41, 5.74) is 1.43. The van der Waals surface area contributed by atoms with Gasteiger partial charge in [0.25, 0.3) is 5.91 Å². The van der Waals surface area contributed by atoms with Gasteiger partial charge in [-0.3, -0.25) is 4.79 Å². The van der Waals surface area contributed by atoms with Crippen molar-refractivity contribution in [1.29, 1.82) is 0 Å². The first-order chi connectivity index (χ1) is 15.1. The van der Waals surface area contributed by atoms with E-state index in [4.69, 9.17) is 9.47 Å². The normalized spacial score (nSPS) is 17.9. The maximum atomic E-state index is 13.4. The predicted molar refractivity (Wildman–Crippen MR) is 113 cm³/mol. The van der Waals surface area contributed by atoms with Gasteiger partial charge in [-0.2, -0.15) is 0 Å². The fourth-order valence-corrected chi connectivity index (χ4v) is 3.92. The third-order valence-corrected chi connectivity index (χ3v) is 5.43. The van der Waals surface area contributed by atoms with Crippen LogP contribution in [-0.4, -0.2) is 29.9 Å². The third kappa shape index (κ3) is 4.43. The second-order valence-corrected chi connectivity index (χ2v) is 7.34. The van der Waals surface area contributed by atoms with E-state index in [9.17, 15) is 14.0 Å². The van der Waals surface area contributed by atoms with Crippen molar-refractivity contribution in [2.24, 2.45) is 0 Å². The van der Waals surface area contributed by atoms with Gasteiger partial charge in [-0.15, -0.1) is 0 Å². The van der Waals surface area contributed by atoms with Crippen LogP contribution in [0.25, 0.3) is 0 Å². The first-order valence-electron chi connectivity index (χ1n) is 10.1. The number of hydrogen-bond acceptors (Lipinski definition) is 4. The monoisotopic (exact) mass is 419 g/mol. The lowest BCUT2D eigenvalue weighted by Crippen LogP contribution is -2.42. The Morgan fingerprint density at radius 2 is 1.48 bits per heavy atom. The Kier molecular flexibility index (Phi) is 5.98. The molecule has 31 heavy (non-hydrogen) atoms. The summed E-state index contributed by atoms with van der Waals surface area (Å²) in [5, 5.41) is 0. The number of likely N-dealkylation sites (tertiary alicyclic amines) is 1. The zero-order chi connectivity index (χ0) is 21.8. The summed E-state index contributed by atoms with van der Waals surface area (Å²) in [7, 11) is 1.34. The van der Waals surface area contributed by atoms with Gasteiger partial charge < -0.3 is 14.4 Å². The van der Waals surface area contributed by atoms with E-state index in [1.54, 1.807) is 29.2 Å². The molecule has 0 saturated carbocycles. The highest BCUT2D eigenvalue weighted by molar-refractivity contribution is 5.97. The molecule has 1 fully saturated rings. The van der Waals surface area contributed by atoms with Gasteiger partial charge in [0.15, 0.2) is 0 Å². The van der Waals surface area contributed by atoms with Gasteiger partial charge >= 0.3 is 5.97 Å². The molecule has 0 bridgehead atoms. The Morgan fingerprint density at radius 3 is 2.10 bits per heavy atom. The summed E-state index contributed by atoms with van der Waals surface area (Å²) in [6.07, 6.45) is 1.23. The maximum absolute atomic E-state index is 13.4. The van der Waals surface area contributed by atoms with Crippen LogP contribution in [0.1, 0.15) is 34.8 Å². The number of methoxy groups -OCH3 is 1. The number of halogens is 1. The van der Waals surface area contributed by atoms with Crippen LogP contribution >= 0.6 is 0 Å². The lowest BCUT2D eigenvalue weighted by molar-refractivity contribution is -0.145. The second-order valence-electron chi connectivity index (χ2n) is 7.34. The van der Waals surface area contributed by atoms with E-state index >= 15 is 0 Å². The molecule has 3 aromatic rings. The van der Waals surface area contributed by atoms with Crippen LogP contribution in [0.2, 0.25) is 0 Å². The fourth-order valence-electron chi connectivity index (χ4n) is 3.92. The quantitative estimate of drug-likeness (QED) is 0.538. The average Bonchev–Trinajstić information content (AvgIpc) is 3.26. The van der Waals surface area contributed by atoms with E-state index in [0.717, 1.165) is 5.56 Å². The number of esters is 1. The highest BCUT2D eigenvalue weighted by Gasteiger charge is 2.42. The largest absolute Gasteiger partial charge is 0.467 e. The standard InChI is InChI=1S/C25H22FNO4/c1-30-25(29)23-16-15-22(17-5-3-2-4-6-17)27(23)24(28)18-7-11-20(12-8-18)31-21-13-9-19(26)10-14-21/h2-14,22-23H,15-16H2,1H3/t22-,23+/m0/s1. The smallest absolute Gasteiger partial charge is 0.328 e. The van der Waals surface area contributed by atoms with Crippen LogP contribution in [0.3, 0.4) is 0 Å². The Morgan fingerprint density at radius 1 is 0.871 bits per heavy atom. The topological polar surface area (TPSA) is 55.8 Å². The van der Waals surface area contributed by atoms with Crippen molar-refractivity contribution in [2.75, 3.05) is 7.11 Å². The zero-order valence-corrected chi connectivity index (χ0v) is 17.0. The molecule has 2 atom stereocenters. The molecule has 0 aliphatic carbocycles. The Labute approximate surface area is 180 Å². The van der Waals surface area contributed by atoms with Gasteiger partial charge in [-0.1, -0.05) is 30.3 Å². The Hall–Kier alpha value is -3.67. The minimum absolute atomic E-state index is 0.201. The molecule has 5 nitrogen and oxygen atoms in total. The second kappa shape index (κ2) is 9.00. The molecule has 1 heterocycles. The molecule has 4 rings (SSSR count). The van der Waals surface area contributed by atoms with Crippen molar-refractivity contribution < 1.29 is 23.5 Å². The predicted octanol–water partition coefficient (Wildman–Crippen LogP) is 5.14. The molecule has 1 saturated heterocycles. The van der Waals surface area contributed by atoms with Crippen molar-refractivity contribution in [3.63, 3.8) is 0 Å². The van der Waals surface area contributed by atoms with Gasteiger partial charge in [0.1, 0.15) is 23.4 Å². The molecule has 0 unspecified atom stereocenters. The van der Waals surface area contributed by atoms with Crippen molar-refractivity contribution in [2.45, 2.75) is 24.9 Å². The number of amides is 1. The zero-order valence-electron chi connectivity index (χ0n) is 17.0. The first kappa shape index (κ1) is 20.6. The molecule has 158 valence electrons. The highest BCUT2D eigenvalue weighted by atomic mass is 19.1. The van der Waals surface area contributed by atoms with E-state index in [1.165, 1.54) is 31.4 Å². The summed E-state index contributed by atoms with van der Waals surface area (Å²) in [6.45, 7) is 0. The molecule has 0 spiro atoms. The van der Waals surface area contributed by atoms with Crippen molar-refractivity contribution in [3.8, 4) is 11.5 Å². The van der Waals surface area contributed by atoms with E-state index in [1.807, 2.05) is 30.3 Å². The van der Waals surface area contributed by atoms with Gasteiger partial charge in [-0.25, -0.2) is 9.18 Å². The van der Waals surface area contributed by atoms with Crippen molar-refractivity contribution in [3.05, 3.63) is 95.8 Å². The SMILES string of the molecule is COC(=O)[C@H]1CC[C@@H](c2ccccc2)N1C(=O)c1ccc(Oc2ccc(F)cc2)cc1. The summed E-state index contributed by atoms with van der Waals surface area (Å²) in [5.74, 6) is 0.0220. The van der Waals surface area contributed by atoms with Crippen molar-refractivity contribution in [1.82, 2.24) is 4.90 Å². The van der Waals surface area contributed by atoms with Gasteiger partial charge in [0.05, 0.1) is 13.2 Å². The van der Waals surface area contributed by atoms with Crippen LogP contribution in [0.15, 0.2) is 78.9 Å². The molecule has 1 aliphatic rings. The van der Waals surface area contributed by atoms with Crippen LogP contribution in [0.5, 0.6) is 11.5 Å². The van der Waals surface area contributed by atoms with E-state index < -0.39 is 12.0 Å². The van der Waals surface area contributed by atoms with Gasteiger partial charge in [-0.05, 0) is 66.9 Å². The molecule has 1 amide bonds. The average molecular weight is 419 g/mol. The molecule has 1 aliphatic heterocycles. The molecular weight excluding hydrogens is 397 g/mol. The number of ether oxygens (including phenoxy) is 2. The number of rotatable bonds is 5. The van der Waals surface area contributed by atoms with E-state index in [2.05, 4.69) is 0 Å².